The third-order valence-electron chi connectivity index (χ3n) is 5.30. The zero-order valence-corrected chi connectivity index (χ0v) is 21.5. The monoisotopic (exact) mass is 557 g/mol. The quantitative estimate of drug-likeness (QED) is 0.336. The lowest BCUT2D eigenvalue weighted by molar-refractivity contribution is 0.172. The first-order chi connectivity index (χ1) is 14.4. The van der Waals surface area contributed by atoms with Gasteiger partial charge in [0.15, 0.2) is 5.96 Å². The number of nitrogens with zero attached hydrogens (tertiary/aromatic N) is 4. The fraction of sp³-hybridized carbons (Fsp3) is 0.409. The lowest BCUT2D eigenvalue weighted by Gasteiger charge is -2.36. The summed E-state index contributed by atoms with van der Waals surface area (Å²) in [5.41, 5.74) is 2.06. The Balaban J connectivity index is 0.00000341. The smallest absolute Gasteiger partial charge is 0.242 e. The second-order valence-electron chi connectivity index (χ2n) is 7.54. The summed E-state index contributed by atoms with van der Waals surface area (Å²) in [6.45, 7) is 5.04. The van der Waals surface area contributed by atoms with E-state index in [0.29, 0.717) is 11.4 Å². The maximum atomic E-state index is 12.6. The highest BCUT2D eigenvalue weighted by atomic mass is 127. The van der Waals surface area contributed by atoms with E-state index < -0.39 is 10.0 Å². The van der Waals surface area contributed by atoms with Gasteiger partial charge in [0.05, 0.1) is 4.90 Å². The third-order valence-corrected chi connectivity index (χ3v) is 7.22. The lowest BCUT2D eigenvalue weighted by atomic mass is 10.2. The summed E-state index contributed by atoms with van der Waals surface area (Å²) in [6.07, 6.45) is 0. The topological polar surface area (TPSA) is 68.2 Å². The Morgan fingerprint density at radius 2 is 1.61 bits per heavy atom. The number of piperazine rings is 1. The molecule has 0 aliphatic carbocycles. The molecule has 1 saturated heterocycles. The largest absolute Gasteiger partial charge is 0.352 e. The number of halogens is 1. The molecule has 7 nitrogen and oxygen atoms in total. The van der Waals surface area contributed by atoms with Crippen molar-refractivity contribution in [3.63, 3.8) is 0 Å². The number of aliphatic imine (C=N–C) groups is 1. The summed E-state index contributed by atoms with van der Waals surface area (Å²) < 4.78 is 26.5. The predicted molar refractivity (Wildman–Crippen MR) is 136 cm³/mol. The molecule has 0 amide bonds. The van der Waals surface area contributed by atoms with Crippen LogP contribution in [0.4, 0.5) is 0 Å². The molecule has 31 heavy (non-hydrogen) atoms. The first-order valence-electron chi connectivity index (χ1n) is 10.1. The highest BCUT2D eigenvalue weighted by Gasteiger charge is 2.22. The number of nitrogens with one attached hydrogen (secondary N) is 1. The van der Waals surface area contributed by atoms with Crippen molar-refractivity contribution in [2.24, 2.45) is 4.99 Å². The number of hydrogen-bond donors (Lipinski definition) is 1. The predicted octanol–water partition coefficient (Wildman–Crippen LogP) is 2.45. The highest BCUT2D eigenvalue weighted by Crippen LogP contribution is 2.18. The first kappa shape index (κ1) is 25.6. The zero-order chi connectivity index (χ0) is 21.6. The molecule has 1 N–H and O–H groups in total. The van der Waals surface area contributed by atoms with E-state index in [1.165, 1.54) is 9.87 Å². The molecule has 9 heteroatoms. The second-order valence-corrected chi connectivity index (χ2v) is 9.66. The summed E-state index contributed by atoms with van der Waals surface area (Å²) in [5.74, 6) is 0.798. The van der Waals surface area contributed by atoms with Crippen molar-refractivity contribution in [1.82, 2.24) is 19.4 Å². The van der Waals surface area contributed by atoms with Crippen LogP contribution in [0.5, 0.6) is 0 Å². The maximum Gasteiger partial charge on any atom is 0.242 e. The van der Waals surface area contributed by atoms with Gasteiger partial charge in [0.25, 0.3) is 0 Å². The van der Waals surface area contributed by atoms with Crippen molar-refractivity contribution in [1.29, 1.82) is 0 Å². The molecule has 0 aromatic heterocycles. The zero-order valence-electron chi connectivity index (χ0n) is 18.4. The normalized spacial score (nSPS) is 15.6. The molecule has 1 fully saturated rings. The molecule has 1 heterocycles. The van der Waals surface area contributed by atoms with Crippen LogP contribution in [0, 0.1) is 0 Å². The molecule has 2 aromatic carbocycles. The third kappa shape index (κ3) is 6.64. The van der Waals surface area contributed by atoms with Gasteiger partial charge in [0, 0.05) is 60.4 Å². The molecule has 1 aliphatic rings. The molecule has 3 rings (SSSR count). The molecule has 0 radical (unpaired) electrons. The van der Waals surface area contributed by atoms with Crippen molar-refractivity contribution in [3.8, 4) is 0 Å². The minimum Gasteiger partial charge on any atom is -0.352 e. The molecular weight excluding hydrogens is 525 g/mol. The van der Waals surface area contributed by atoms with Crippen LogP contribution < -0.4 is 5.32 Å². The summed E-state index contributed by atoms with van der Waals surface area (Å²) in [6, 6.07) is 17.6. The van der Waals surface area contributed by atoms with Crippen molar-refractivity contribution in [2.45, 2.75) is 18.0 Å². The van der Waals surface area contributed by atoms with Gasteiger partial charge in [0.2, 0.25) is 10.0 Å². The maximum absolute atomic E-state index is 12.6. The Kier molecular flexibility index (Phi) is 9.73. The number of rotatable bonds is 6. The molecule has 0 bridgehead atoms. The molecule has 0 unspecified atom stereocenters. The van der Waals surface area contributed by atoms with E-state index in [-0.39, 0.29) is 24.0 Å². The van der Waals surface area contributed by atoms with E-state index in [4.69, 9.17) is 0 Å². The van der Waals surface area contributed by atoms with Gasteiger partial charge in [-0.3, -0.25) is 9.89 Å². The first-order valence-corrected chi connectivity index (χ1v) is 11.6. The second kappa shape index (κ2) is 11.8. The van der Waals surface area contributed by atoms with Crippen LogP contribution in [-0.2, 0) is 23.1 Å². The summed E-state index contributed by atoms with van der Waals surface area (Å²) in [5, 5.41) is 3.35. The van der Waals surface area contributed by atoms with Gasteiger partial charge in [-0.05, 0) is 17.2 Å². The van der Waals surface area contributed by atoms with Crippen molar-refractivity contribution in [2.75, 3.05) is 47.3 Å². The van der Waals surface area contributed by atoms with Gasteiger partial charge < -0.3 is 10.2 Å². The Hall–Kier alpha value is -1.69. The standard InChI is InChI=1S/C22H31N5O2S.HI/c1-23-22(24-17-20-11-7-8-12-21(20)30(28,29)25(2)3)27-15-13-26(14-16-27)18-19-9-5-4-6-10-19;/h4-12H,13-18H2,1-3H3,(H,23,24);1H. The van der Waals surface area contributed by atoms with Crippen LogP contribution in [0.25, 0.3) is 0 Å². The SMILES string of the molecule is CN=C(NCc1ccccc1S(=O)(=O)N(C)C)N1CCN(Cc2ccccc2)CC1.I. The highest BCUT2D eigenvalue weighted by molar-refractivity contribution is 14.0. The fourth-order valence-corrected chi connectivity index (χ4v) is 4.68. The van der Waals surface area contributed by atoms with E-state index in [1.54, 1.807) is 33.3 Å². The molecule has 1 aliphatic heterocycles. The van der Waals surface area contributed by atoms with Gasteiger partial charge in [-0.1, -0.05) is 48.5 Å². The summed E-state index contributed by atoms with van der Waals surface area (Å²) >= 11 is 0. The molecule has 0 atom stereocenters. The van der Waals surface area contributed by atoms with Crippen molar-refractivity contribution >= 4 is 40.0 Å². The van der Waals surface area contributed by atoms with Crippen LogP contribution in [0.2, 0.25) is 0 Å². The van der Waals surface area contributed by atoms with Crippen LogP contribution in [0.15, 0.2) is 64.5 Å². The minimum atomic E-state index is -3.49. The number of benzene rings is 2. The Morgan fingerprint density at radius 3 is 2.23 bits per heavy atom. The van der Waals surface area contributed by atoms with Crippen LogP contribution in [0.3, 0.4) is 0 Å². The van der Waals surface area contributed by atoms with E-state index >= 15 is 0 Å². The molecule has 0 saturated carbocycles. The van der Waals surface area contributed by atoms with E-state index in [1.807, 2.05) is 18.2 Å². The molecule has 2 aromatic rings. The Bertz CT molecular complexity index is 959. The average Bonchev–Trinajstić information content (AvgIpc) is 2.76. The van der Waals surface area contributed by atoms with Gasteiger partial charge in [0.1, 0.15) is 0 Å². The molecule has 0 spiro atoms. The van der Waals surface area contributed by atoms with Crippen molar-refractivity contribution < 1.29 is 8.42 Å². The number of hydrogen-bond acceptors (Lipinski definition) is 4. The van der Waals surface area contributed by atoms with E-state index in [9.17, 15) is 8.42 Å². The van der Waals surface area contributed by atoms with E-state index in [2.05, 4.69) is 44.4 Å². The van der Waals surface area contributed by atoms with Gasteiger partial charge >= 0.3 is 0 Å². The van der Waals surface area contributed by atoms with Crippen LogP contribution >= 0.6 is 24.0 Å². The lowest BCUT2D eigenvalue weighted by Crippen LogP contribution is -2.52. The van der Waals surface area contributed by atoms with Gasteiger partial charge in [-0.2, -0.15) is 0 Å². The Morgan fingerprint density at radius 1 is 1.00 bits per heavy atom. The summed E-state index contributed by atoms with van der Waals surface area (Å²) in [7, 11) is 1.37. The minimum absolute atomic E-state index is 0. The molecular formula is C22H32IN5O2S. The number of guanidine groups is 1. The van der Waals surface area contributed by atoms with Crippen LogP contribution in [0.1, 0.15) is 11.1 Å². The van der Waals surface area contributed by atoms with Gasteiger partial charge in [-0.25, -0.2) is 12.7 Å². The van der Waals surface area contributed by atoms with Crippen LogP contribution in [-0.4, -0.2) is 75.8 Å². The van der Waals surface area contributed by atoms with Crippen molar-refractivity contribution in [3.05, 3.63) is 65.7 Å². The number of sulfonamides is 1. The molecule has 170 valence electrons. The fourth-order valence-electron chi connectivity index (χ4n) is 3.56. The summed E-state index contributed by atoms with van der Waals surface area (Å²) in [4.78, 5) is 9.41. The average molecular weight is 558 g/mol. The van der Waals surface area contributed by atoms with Gasteiger partial charge in [-0.15, -0.1) is 24.0 Å². The van der Waals surface area contributed by atoms with E-state index in [0.717, 1.165) is 44.2 Å². The Labute approximate surface area is 203 Å².